The molecule has 136 valence electrons. The van der Waals surface area contributed by atoms with Crippen LogP contribution in [0.4, 0.5) is 5.69 Å². The van der Waals surface area contributed by atoms with Crippen LogP contribution in [-0.2, 0) is 6.54 Å². The van der Waals surface area contributed by atoms with Crippen molar-refractivity contribution in [3.8, 4) is 11.4 Å². The minimum Gasteiger partial charge on any atom is -0.384 e. The van der Waals surface area contributed by atoms with Gasteiger partial charge in [0.05, 0.1) is 0 Å². The first-order valence-corrected chi connectivity index (χ1v) is 9.97. The van der Waals surface area contributed by atoms with Crippen LogP contribution in [0, 0.1) is 0 Å². The lowest BCUT2D eigenvalue weighted by Crippen LogP contribution is -2.06. The second kappa shape index (κ2) is 8.85. The number of thioether (sulfide) groups is 1. The fraction of sp³-hybridized carbons (Fsp3) is 0.350. The number of pyridine rings is 1. The van der Waals surface area contributed by atoms with Gasteiger partial charge < -0.3 is 9.88 Å². The second-order valence-electron chi connectivity index (χ2n) is 6.34. The van der Waals surface area contributed by atoms with Crippen LogP contribution in [0.5, 0.6) is 0 Å². The number of aromatic nitrogens is 4. The molecule has 2 heterocycles. The largest absolute Gasteiger partial charge is 0.384 e. The maximum Gasteiger partial charge on any atom is 0.191 e. The molecule has 0 bridgehead atoms. The fourth-order valence-corrected chi connectivity index (χ4v) is 3.57. The van der Waals surface area contributed by atoms with Crippen molar-refractivity contribution in [2.45, 2.75) is 38.4 Å². The molecule has 0 aliphatic carbocycles. The maximum atomic E-state index is 4.36. The van der Waals surface area contributed by atoms with Gasteiger partial charge >= 0.3 is 0 Å². The predicted octanol–water partition coefficient (Wildman–Crippen LogP) is 4.69. The third-order valence-corrected chi connectivity index (χ3v) is 5.16. The molecule has 0 fully saturated rings. The average molecular weight is 368 g/mol. The molecule has 0 aliphatic heterocycles. The first kappa shape index (κ1) is 18.5. The van der Waals surface area contributed by atoms with E-state index in [1.165, 1.54) is 5.56 Å². The Kier molecular flexibility index (Phi) is 6.28. The van der Waals surface area contributed by atoms with Crippen molar-refractivity contribution in [3.05, 3.63) is 54.4 Å². The van der Waals surface area contributed by atoms with Gasteiger partial charge in [-0.25, -0.2) is 0 Å². The molecule has 26 heavy (non-hydrogen) atoms. The van der Waals surface area contributed by atoms with Crippen molar-refractivity contribution < 1.29 is 0 Å². The molecule has 1 N–H and O–H groups in total. The highest BCUT2D eigenvalue weighted by atomic mass is 32.2. The molecule has 0 spiro atoms. The van der Waals surface area contributed by atoms with Gasteiger partial charge in [-0.05, 0) is 42.7 Å². The second-order valence-corrected chi connectivity index (χ2v) is 7.41. The van der Waals surface area contributed by atoms with E-state index < -0.39 is 0 Å². The topological polar surface area (TPSA) is 55.6 Å². The number of hydrogen-bond acceptors (Lipinski definition) is 5. The summed E-state index contributed by atoms with van der Waals surface area (Å²) in [4.78, 5) is 4.17. The third-order valence-electron chi connectivity index (χ3n) is 4.19. The molecular weight excluding hydrogens is 342 g/mol. The summed E-state index contributed by atoms with van der Waals surface area (Å²) in [5.41, 5.74) is 3.52. The molecule has 0 amide bonds. The van der Waals surface area contributed by atoms with E-state index >= 15 is 0 Å². The van der Waals surface area contributed by atoms with Crippen molar-refractivity contribution in [2.24, 2.45) is 0 Å². The molecular formula is C20H25N5S. The van der Waals surface area contributed by atoms with Crippen molar-refractivity contribution in [1.82, 2.24) is 19.7 Å². The van der Waals surface area contributed by atoms with Gasteiger partial charge in [0.15, 0.2) is 11.0 Å². The molecule has 0 unspecified atom stereocenters. The van der Waals surface area contributed by atoms with E-state index in [0.717, 1.165) is 41.1 Å². The number of nitrogens with one attached hydrogen (secondary N) is 1. The molecule has 5 nitrogen and oxygen atoms in total. The van der Waals surface area contributed by atoms with E-state index in [4.69, 9.17) is 0 Å². The molecule has 2 aromatic heterocycles. The smallest absolute Gasteiger partial charge is 0.191 e. The Morgan fingerprint density at radius 2 is 1.92 bits per heavy atom. The van der Waals surface area contributed by atoms with Crippen molar-refractivity contribution >= 4 is 17.4 Å². The van der Waals surface area contributed by atoms with Gasteiger partial charge in [0.2, 0.25) is 0 Å². The van der Waals surface area contributed by atoms with Crippen LogP contribution < -0.4 is 5.32 Å². The average Bonchev–Trinajstić information content (AvgIpc) is 3.09. The number of hydrogen-bond donors (Lipinski definition) is 1. The monoisotopic (exact) mass is 367 g/mol. The van der Waals surface area contributed by atoms with Gasteiger partial charge in [0.1, 0.15) is 0 Å². The normalized spacial score (nSPS) is 11.1. The first-order chi connectivity index (χ1) is 12.7. The van der Waals surface area contributed by atoms with Crippen LogP contribution in [0.15, 0.2) is 53.9 Å². The fourth-order valence-electron chi connectivity index (χ4n) is 2.71. The van der Waals surface area contributed by atoms with Crippen LogP contribution in [-0.4, -0.2) is 32.0 Å². The van der Waals surface area contributed by atoms with Crippen molar-refractivity contribution in [3.63, 3.8) is 0 Å². The van der Waals surface area contributed by atoms with E-state index in [-0.39, 0.29) is 0 Å². The van der Waals surface area contributed by atoms with Crippen LogP contribution >= 0.6 is 11.8 Å². The van der Waals surface area contributed by atoms with E-state index in [1.54, 1.807) is 18.0 Å². The summed E-state index contributed by atoms with van der Waals surface area (Å²) >= 11 is 1.72. The summed E-state index contributed by atoms with van der Waals surface area (Å²) in [7, 11) is 0. The first-order valence-electron chi connectivity index (χ1n) is 8.99. The highest BCUT2D eigenvalue weighted by Crippen LogP contribution is 2.23. The van der Waals surface area contributed by atoms with Crippen LogP contribution in [0.2, 0.25) is 0 Å². The number of anilines is 1. The zero-order valence-electron chi connectivity index (χ0n) is 15.5. The molecule has 3 rings (SSSR count). The minimum absolute atomic E-state index is 0.564. The Labute approximate surface area is 159 Å². The molecule has 0 atom stereocenters. The van der Waals surface area contributed by atoms with E-state index in [2.05, 4.69) is 70.1 Å². The summed E-state index contributed by atoms with van der Waals surface area (Å²) < 4.78 is 2.14. The zero-order valence-corrected chi connectivity index (χ0v) is 16.3. The molecule has 0 saturated carbocycles. The lowest BCUT2D eigenvalue weighted by atomic mass is 10.0. The third kappa shape index (κ3) is 4.43. The van der Waals surface area contributed by atoms with Gasteiger partial charge in [-0.15, -0.1) is 10.2 Å². The Bertz CT molecular complexity index is 812. The highest BCUT2D eigenvalue weighted by Gasteiger charge is 2.12. The summed E-state index contributed by atoms with van der Waals surface area (Å²) in [6.45, 7) is 8.25. The molecule has 0 radical (unpaired) electrons. The Morgan fingerprint density at radius 1 is 1.12 bits per heavy atom. The molecule has 0 saturated heterocycles. The minimum atomic E-state index is 0.564. The number of benzene rings is 1. The number of nitrogens with zero attached hydrogens (tertiary/aromatic N) is 4. The maximum absolute atomic E-state index is 4.36. The SMILES string of the molecule is CCn1c(SCCNc2ccc(C(C)C)cc2)nnc1-c1cccnc1. The summed E-state index contributed by atoms with van der Waals surface area (Å²) in [6, 6.07) is 12.6. The number of rotatable bonds is 8. The quantitative estimate of drug-likeness (QED) is 0.462. The molecule has 6 heteroatoms. The molecule has 3 aromatic rings. The summed E-state index contributed by atoms with van der Waals surface area (Å²) in [5, 5.41) is 13.1. The van der Waals surface area contributed by atoms with E-state index in [0.29, 0.717) is 5.92 Å². The van der Waals surface area contributed by atoms with Crippen LogP contribution in [0.1, 0.15) is 32.3 Å². The molecule has 1 aromatic carbocycles. The zero-order chi connectivity index (χ0) is 18.4. The lowest BCUT2D eigenvalue weighted by molar-refractivity contribution is 0.687. The van der Waals surface area contributed by atoms with Crippen molar-refractivity contribution in [1.29, 1.82) is 0 Å². The Morgan fingerprint density at radius 3 is 2.58 bits per heavy atom. The van der Waals surface area contributed by atoms with Gasteiger partial charge in [-0.1, -0.05) is 37.7 Å². The van der Waals surface area contributed by atoms with Gasteiger partial charge in [-0.3, -0.25) is 4.98 Å². The van der Waals surface area contributed by atoms with Crippen LogP contribution in [0.25, 0.3) is 11.4 Å². The highest BCUT2D eigenvalue weighted by molar-refractivity contribution is 7.99. The van der Waals surface area contributed by atoms with Gasteiger partial charge in [-0.2, -0.15) is 0 Å². The summed E-state index contributed by atoms with van der Waals surface area (Å²) in [5.74, 6) is 2.37. The summed E-state index contributed by atoms with van der Waals surface area (Å²) in [6.07, 6.45) is 3.60. The Hall–Kier alpha value is -2.34. The van der Waals surface area contributed by atoms with E-state index in [1.807, 2.05) is 18.3 Å². The lowest BCUT2D eigenvalue weighted by Gasteiger charge is -2.10. The van der Waals surface area contributed by atoms with Gasteiger partial charge in [0, 0.05) is 42.5 Å². The van der Waals surface area contributed by atoms with E-state index in [9.17, 15) is 0 Å². The van der Waals surface area contributed by atoms with Crippen LogP contribution in [0.3, 0.4) is 0 Å². The Balaban J connectivity index is 1.56. The molecule has 0 aliphatic rings. The standard InChI is InChI=1S/C20H25N5S/c1-4-25-19(17-6-5-11-21-14-17)23-24-20(25)26-13-12-22-18-9-7-16(8-10-18)15(2)3/h5-11,14-15,22H,4,12-13H2,1-3H3. The predicted molar refractivity (Wildman–Crippen MR) is 109 cm³/mol. The van der Waals surface area contributed by atoms with Crippen molar-refractivity contribution in [2.75, 3.05) is 17.6 Å². The van der Waals surface area contributed by atoms with Gasteiger partial charge in [0.25, 0.3) is 0 Å².